The zero-order valence-electron chi connectivity index (χ0n) is 8.76. The van der Waals surface area contributed by atoms with Crippen LogP contribution in [0.15, 0.2) is 18.2 Å². The third-order valence-electron chi connectivity index (χ3n) is 3.01. The molecule has 1 nitrogen and oxygen atoms in total. The van der Waals surface area contributed by atoms with Crippen molar-refractivity contribution in [3.8, 4) is 0 Å². The van der Waals surface area contributed by atoms with Crippen LogP contribution >= 0.6 is 11.6 Å². The van der Waals surface area contributed by atoms with E-state index in [-0.39, 0.29) is 10.8 Å². The van der Waals surface area contributed by atoms with Crippen LogP contribution < -0.4 is 5.32 Å². The standard InChI is InChI=1S/C12H15ClFN/c1-8-2-5-12(15-7-8)9-3-4-11(14)10(13)6-9/h3-4,6,8,12,15H,2,5,7H2,1H3. The van der Waals surface area contributed by atoms with Gasteiger partial charge in [-0.3, -0.25) is 0 Å². The minimum Gasteiger partial charge on any atom is -0.310 e. The van der Waals surface area contributed by atoms with Crippen molar-refractivity contribution in [2.24, 2.45) is 5.92 Å². The van der Waals surface area contributed by atoms with E-state index in [9.17, 15) is 4.39 Å². The number of nitrogens with one attached hydrogen (secondary N) is 1. The molecule has 2 unspecified atom stereocenters. The van der Waals surface area contributed by atoms with Crippen molar-refractivity contribution in [2.45, 2.75) is 25.8 Å². The molecule has 15 heavy (non-hydrogen) atoms. The van der Waals surface area contributed by atoms with Gasteiger partial charge in [0.25, 0.3) is 0 Å². The van der Waals surface area contributed by atoms with Gasteiger partial charge >= 0.3 is 0 Å². The quantitative estimate of drug-likeness (QED) is 0.774. The van der Waals surface area contributed by atoms with Crippen molar-refractivity contribution >= 4 is 11.6 Å². The fraction of sp³-hybridized carbons (Fsp3) is 0.500. The minimum absolute atomic E-state index is 0.216. The molecule has 0 aliphatic carbocycles. The summed E-state index contributed by atoms with van der Waals surface area (Å²) >= 11 is 5.76. The second-order valence-electron chi connectivity index (χ2n) is 4.32. The van der Waals surface area contributed by atoms with Crippen LogP contribution in [0.1, 0.15) is 31.4 Å². The van der Waals surface area contributed by atoms with Crippen molar-refractivity contribution < 1.29 is 4.39 Å². The molecule has 1 aliphatic heterocycles. The molecule has 0 bridgehead atoms. The molecule has 0 aromatic heterocycles. The van der Waals surface area contributed by atoms with Crippen LogP contribution in [0.25, 0.3) is 0 Å². The van der Waals surface area contributed by atoms with Gasteiger partial charge in [0.1, 0.15) is 5.82 Å². The smallest absolute Gasteiger partial charge is 0.141 e. The van der Waals surface area contributed by atoms with E-state index in [0.29, 0.717) is 6.04 Å². The van der Waals surface area contributed by atoms with Gasteiger partial charge in [-0.1, -0.05) is 24.6 Å². The monoisotopic (exact) mass is 227 g/mol. The van der Waals surface area contributed by atoms with Crippen LogP contribution in [0.3, 0.4) is 0 Å². The number of piperidine rings is 1. The lowest BCUT2D eigenvalue weighted by molar-refractivity contribution is 0.333. The van der Waals surface area contributed by atoms with Gasteiger partial charge in [0, 0.05) is 6.04 Å². The Morgan fingerprint density at radius 1 is 1.40 bits per heavy atom. The first kappa shape index (κ1) is 10.9. The molecule has 2 atom stereocenters. The number of halogens is 2. The van der Waals surface area contributed by atoms with Crippen molar-refractivity contribution in [1.82, 2.24) is 5.32 Å². The molecule has 0 spiro atoms. The van der Waals surface area contributed by atoms with Gasteiger partial charge in [0.15, 0.2) is 0 Å². The number of hydrogen-bond donors (Lipinski definition) is 1. The predicted octanol–water partition coefficient (Wildman–Crippen LogP) is 3.54. The number of hydrogen-bond acceptors (Lipinski definition) is 1. The third-order valence-corrected chi connectivity index (χ3v) is 3.30. The van der Waals surface area contributed by atoms with Crippen molar-refractivity contribution in [1.29, 1.82) is 0 Å². The first-order chi connectivity index (χ1) is 7.16. The second-order valence-corrected chi connectivity index (χ2v) is 4.72. The van der Waals surface area contributed by atoms with Crippen molar-refractivity contribution in [3.63, 3.8) is 0 Å². The molecule has 0 saturated carbocycles. The lowest BCUT2D eigenvalue weighted by atomic mass is 9.92. The maximum absolute atomic E-state index is 13.0. The molecule has 1 saturated heterocycles. The molecule has 0 amide bonds. The molecule has 1 aromatic rings. The highest BCUT2D eigenvalue weighted by Gasteiger charge is 2.19. The maximum Gasteiger partial charge on any atom is 0.141 e. The number of benzene rings is 1. The Balaban J connectivity index is 2.12. The van der Waals surface area contributed by atoms with Gasteiger partial charge in [-0.15, -0.1) is 0 Å². The lowest BCUT2D eigenvalue weighted by Gasteiger charge is -2.28. The van der Waals surface area contributed by atoms with Crippen molar-refractivity contribution in [2.75, 3.05) is 6.54 Å². The van der Waals surface area contributed by atoms with E-state index >= 15 is 0 Å². The molecule has 1 heterocycles. The highest BCUT2D eigenvalue weighted by atomic mass is 35.5. The van der Waals surface area contributed by atoms with Gasteiger partial charge in [0.05, 0.1) is 5.02 Å². The zero-order chi connectivity index (χ0) is 10.8. The zero-order valence-corrected chi connectivity index (χ0v) is 9.52. The summed E-state index contributed by atoms with van der Waals surface area (Å²) in [6.07, 6.45) is 2.32. The molecule has 1 aromatic carbocycles. The largest absolute Gasteiger partial charge is 0.310 e. The summed E-state index contributed by atoms with van der Waals surface area (Å²) in [6, 6.07) is 5.32. The van der Waals surface area contributed by atoms with Crippen molar-refractivity contribution in [3.05, 3.63) is 34.6 Å². The molecule has 0 radical (unpaired) electrons. The van der Waals surface area contributed by atoms with E-state index in [1.54, 1.807) is 6.07 Å². The summed E-state index contributed by atoms with van der Waals surface area (Å²) in [5.74, 6) is 0.391. The summed E-state index contributed by atoms with van der Waals surface area (Å²) in [6.45, 7) is 3.26. The molecular formula is C12H15ClFN. The lowest BCUT2D eigenvalue weighted by Crippen LogP contribution is -2.31. The van der Waals surface area contributed by atoms with E-state index in [1.807, 2.05) is 6.07 Å². The third kappa shape index (κ3) is 2.50. The molecule has 1 aliphatic rings. The maximum atomic E-state index is 13.0. The average Bonchev–Trinajstić information content (AvgIpc) is 2.23. The molecule has 1 fully saturated rings. The average molecular weight is 228 g/mol. The molecule has 1 N–H and O–H groups in total. The summed E-state index contributed by atoms with van der Waals surface area (Å²) in [5, 5.41) is 3.67. The van der Waals surface area contributed by atoms with Gasteiger partial charge in [-0.25, -0.2) is 4.39 Å². The Morgan fingerprint density at radius 2 is 2.20 bits per heavy atom. The van der Waals surface area contributed by atoms with Crippen LogP contribution in [0, 0.1) is 11.7 Å². The fourth-order valence-corrected chi connectivity index (χ4v) is 2.20. The fourth-order valence-electron chi connectivity index (χ4n) is 2.01. The van der Waals surface area contributed by atoms with E-state index in [4.69, 9.17) is 11.6 Å². The summed E-state index contributed by atoms with van der Waals surface area (Å²) in [7, 11) is 0. The van der Waals surface area contributed by atoms with E-state index in [1.165, 1.54) is 12.5 Å². The highest BCUT2D eigenvalue weighted by Crippen LogP contribution is 2.27. The minimum atomic E-state index is -0.343. The second kappa shape index (κ2) is 4.50. The SMILES string of the molecule is CC1CCC(c2ccc(F)c(Cl)c2)NC1. The van der Waals surface area contributed by atoms with Crippen LogP contribution in [0.5, 0.6) is 0 Å². The van der Waals surface area contributed by atoms with Gasteiger partial charge < -0.3 is 5.32 Å². The van der Waals surface area contributed by atoms with Crippen LogP contribution in [-0.4, -0.2) is 6.54 Å². The van der Waals surface area contributed by atoms with Crippen LogP contribution in [0.4, 0.5) is 4.39 Å². The molecule has 82 valence electrons. The normalized spacial score (nSPS) is 26.6. The molecular weight excluding hydrogens is 213 g/mol. The Labute approximate surface area is 94.6 Å². The molecule has 3 heteroatoms. The molecule has 2 rings (SSSR count). The Morgan fingerprint density at radius 3 is 2.80 bits per heavy atom. The summed E-state index contributed by atoms with van der Waals surface area (Å²) < 4.78 is 13.0. The van der Waals surface area contributed by atoms with E-state index < -0.39 is 0 Å². The number of rotatable bonds is 1. The van der Waals surface area contributed by atoms with Gasteiger partial charge in [0.2, 0.25) is 0 Å². The highest BCUT2D eigenvalue weighted by molar-refractivity contribution is 6.30. The first-order valence-corrected chi connectivity index (χ1v) is 5.73. The Bertz CT molecular complexity index is 345. The summed E-state index contributed by atoms with van der Waals surface area (Å²) in [4.78, 5) is 0. The Kier molecular flexibility index (Phi) is 3.27. The van der Waals surface area contributed by atoms with Crippen LogP contribution in [0.2, 0.25) is 5.02 Å². The van der Waals surface area contributed by atoms with E-state index in [2.05, 4.69) is 12.2 Å². The summed E-state index contributed by atoms with van der Waals surface area (Å²) in [5.41, 5.74) is 1.09. The first-order valence-electron chi connectivity index (χ1n) is 5.35. The predicted molar refractivity (Wildman–Crippen MR) is 60.6 cm³/mol. The van der Waals surface area contributed by atoms with Gasteiger partial charge in [-0.05, 0) is 43.0 Å². The van der Waals surface area contributed by atoms with Gasteiger partial charge in [-0.2, -0.15) is 0 Å². The van der Waals surface area contributed by atoms with E-state index in [0.717, 1.165) is 24.4 Å². The Hall–Kier alpha value is -0.600. The van der Waals surface area contributed by atoms with Crippen LogP contribution in [-0.2, 0) is 0 Å². The topological polar surface area (TPSA) is 12.0 Å².